The Hall–Kier alpha value is -2.82. The lowest BCUT2D eigenvalue weighted by atomic mass is 10.3. The van der Waals surface area contributed by atoms with Crippen molar-refractivity contribution in [1.82, 2.24) is 14.8 Å². The van der Waals surface area contributed by atoms with Crippen LogP contribution in [0.25, 0.3) is 15.3 Å². The van der Waals surface area contributed by atoms with Gasteiger partial charge >= 0.3 is 0 Å². The molecule has 2 heterocycles. The average Bonchev–Trinajstić information content (AvgIpc) is 3.29. The summed E-state index contributed by atoms with van der Waals surface area (Å²) in [6, 6.07) is 11.7. The Morgan fingerprint density at radius 1 is 1.19 bits per heavy atom. The first-order valence-electron chi connectivity index (χ1n) is 9.12. The molecular weight excluding hydrogens is 463 g/mol. The zero-order valence-electron chi connectivity index (χ0n) is 16.2. The minimum atomic E-state index is -3.63. The van der Waals surface area contributed by atoms with Gasteiger partial charge in [0.15, 0.2) is 9.84 Å². The number of carbonyl (C=O) groups is 1. The van der Waals surface area contributed by atoms with Crippen LogP contribution in [0.15, 0.2) is 53.4 Å². The number of halogens is 2. The van der Waals surface area contributed by atoms with Gasteiger partial charge in [0.2, 0.25) is 11.0 Å². The number of nitrogens with one attached hydrogen (secondary N) is 1. The van der Waals surface area contributed by atoms with E-state index >= 15 is 0 Å². The number of anilines is 1. The van der Waals surface area contributed by atoms with Crippen LogP contribution in [0.1, 0.15) is 12.1 Å². The third-order valence-corrected chi connectivity index (χ3v) is 7.37. The summed E-state index contributed by atoms with van der Waals surface area (Å²) in [5, 5.41) is 7.91. The maximum absolute atomic E-state index is 13.5. The number of benzene rings is 2. The van der Waals surface area contributed by atoms with Crippen molar-refractivity contribution in [2.45, 2.75) is 18.2 Å². The van der Waals surface area contributed by atoms with Crippen molar-refractivity contribution >= 4 is 54.7 Å². The number of rotatable bonds is 6. The van der Waals surface area contributed by atoms with Gasteiger partial charge in [0.25, 0.3) is 0 Å². The molecule has 2 aromatic heterocycles. The van der Waals surface area contributed by atoms with Gasteiger partial charge in [0.05, 0.1) is 26.6 Å². The molecule has 0 radical (unpaired) electrons. The van der Waals surface area contributed by atoms with E-state index in [0.717, 1.165) is 0 Å². The van der Waals surface area contributed by atoms with Crippen LogP contribution < -0.4 is 5.32 Å². The number of hydrogen-bond donors (Lipinski definition) is 1. The fraction of sp³-hybridized carbons (Fsp3) is 0.150. The molecule has 4 aromatic rings. The van der Waals surface area contributed by atoms with Crippen LogP contribution in [-0.4, -0.2) is 34.8 Å². The molecule has 160 valence electrons. The zero-order chi connectivity index (χ0) is 22.2. The molecule has 0 atom stereocenters. The number of hydrogen-bond acceptors (Lipinski definition) is 6. The third kappa shape index (κ3) is 4.76. The second-order valence-electron chi connectivity index (χ2n) is 6.76. The lowest BCUT2D eigenvalue weighted by Gasteiger charge is -2.07. The van der Waals surface area contributed by atoms with Crippen LogP contribution in [0.5, 0.6) is 0 Å². The molecule has 11 heteroatoms. The minimum Gasteiger partial charge on any atom is -0.310 e. The Labute approximate surface area is 186 Å². The largest absolute Gasteiger partial charge is 0.310 e. The Balaban J connectivity index is 1.50. The highest BCUT2D eigenvalue weighted by atomic mass is 35.5. The van der Waals surface area contributed by atoms with E-state index in [2.05, 4.69) is 15.4 Å². The van der Waals surface area contributed by atoms with Gasteiger partial charge in [-0.3, -0.25) is 4.79 Å². The second kappa shape index (κ2) is 8.37. The van der Waals surface area contributed by atoms with E-state index in [-0.39, 0.29) is 22.9 Å². The highest BCUT2D eigenvalue weighted by Crippen LogP contribution is 2.28. The first-order chi connectivity index (χ1) is 14.7. The van der Waals surface area contributed by atoms with Crippen LogP contribution in [0.2, 0.25) is 5.02 Å². The van der Waals surface area contributed by atoms with E-state index in [1.165, 1.54) is 52.4 Å². The number of thiazole rings is 1. The van der Waals surface area contributed by atoms with Crippen molar-refractivity contribution in [2.75, 3.05) is 11.1 Å². The third-order valence-electron chi connectivity index (χ3n) is 4.39. The monoisotopic (exact) mass is 478 g/mol. The summed E-state index contributed by atoms with van der Waals surface area (Å²) in [4.78, 5) is 17.0. The first-order valence-corrected chi connectivity index (χ1v) is 12.0. The Bertz CT molecular complexity index is 1380. The molecule has 0 saturated heterocycles. The van der Waals surface area contributed by atoms with Gasteiger partial charge < -0.3 is 5.32 Å². The van der Waals surface area contributed by atoms with Crippen molar-refractivity contribution in [3.05, 3.63) is 65.1 Å². The van der Waals surface area contributed by atoms with Crippen LogP contribution in [0, 0.1) is 12.7 Å². The lowest BCUT2D eigenvalue weighted by Crippen LogP contribution is -2.19. The van der Waals surface area contributed by atoms with Gasteiger partial charge in [0.1, 0.15) is 11.6 Å². The smallest absolute Gasteiger partial charge is 0.226 e. The normalized spacial score (nSPS) is 11.7. The summed E-state index contributed by atoms with van der Waals surface area (Å²) in [7, 11) is -3.63. The quantitative estimate of drug-likeness (QED) is 0.443. The maximum Gasteiger partial charge on any atom is 0.226 e. The number of fused-ring (bicyclic) bond motifs is 1. The molecule has 0 bridgehead atoms. The van der Waals surface area contributed by atoms with Crippen molar-refractivity contribution < 1.29 is 17.6 Å². The first kappa shape index (κ1) is 21.4. The topological polar surface area (TPSA) is 94.0 Å². The summed E-state index contributed by atoms with van der Waals surface area (Å²) in [6.45, 7) is 1.75. The Morgan fingerprint density at radius 2 is 1.94 bits per heavy atom. The Morgan fingerprint density at radius 3 is 2.68 bits per heavy atom. The minimum absolute atomic E-state index is 0.104. The van der Waals surface area contributed by atoms with E-state index in [1.54, 1.807) is 19.1 Å². The number of sulfone groups is 1. The maximum atomic E-state index is 13.5. The number of amides is 1. The van der Waals surface area contributed by atoms with E-state index < -0.39 is 15.7 Å². The molecule has 0 fully saturated rings. The zero-order valence-corrected chi connectivity index (χ0v) is 18.6. The summed E-state index contributed by atoms with van der Waals surface area (Å²) < 4.78 is 40.4. The van der Waals surface area contributed by atoms with Crippen molar-refractivity contribution in [2.24, 2.45) is 0 Å². The molecule has 0 aliphatic heterocycles. The van der Waals surface area contributed by atoms with E-state index in [0.29, 0.717) is 31.9 Å². The number of nitrogens with zero attached hydrogens (tertiary/aromatic N) is 3. The molecule has 0 saturated carbocycles. The average molecular weight is 479 g/mol. The predicted octanol–water partition coefficient (Wildman–Crippen LogP) is 4.39. The van der Waals surface area contributed by atoms with Crippen LogP contribution >= 0.6 is 22.9 Å². The summed E-state index contributed by atoms with van der Waals surface area (Å²) in [5.41, 5.74) is 1.25. The van der Waals surface area contributed by atoms with E-state index in [4.69, 9.17) is 11.6 Å². The van der Waals surface area contributed by atoms with Gasteiger partial charge in [-0.25, -0.2) is 17.8 Å². The fourth-order valence-corrected chi connectivity index (χ4v) is 5.23. The summed E-state index contributed by atoms with van der Waals surface area (Å²) >= 11 is 7.02. The molecule has 0 aliphatic carbocycles. The van der Waals surface area contributed by atoms with Crippen LogP contribution in [-0.2, 0) is 14.6 Å². The number of aryl methyl sites for hydroxylation is 1. The molecule has 31 heavy (non-hydrogen) atoms. The SMILES string of the molecule is Cc1cc(NC(=O)CCS(=O)(=O)c2ccc(Cl)cc2)n(-c2nc3ccc(F)cc3s2)n1. The second-order valence-corrected chi connectivity index (χ2v) is 10.3. The number of carbonyl (C=O) groups excluding carboxylic acids is 1. The van der Waals surface area contributed by atoms with E-state index in [1.807, 2.05) is 0 Å². The molecule has 0 aliphatic rings. The number of aromatic nitrogens is 3. The van der Waals surface area contributed by atoms with Crippen LogP contribution in [0.3, 0.4) is 0 Å². The van der Waals surface area contributed by atoms with Crippen molar-refractivity contribution in [1.29, 1.82) is 0 Å². The lowest BCUT2D eigenvalue weighted by molar-refractivity contribution is -0.115. The van der Waals surface area contributed by atoms with Gasteiger partial charge in [-0.05, 0) is 49.4 Å². The predicted molar refractivity (Wildman–Crippen MR) is 118 cm³/mol. The molecule has 7 nitrogen and oxygen atoms in total. The van der Waals surface area contributed by atoms with Crippen LogP contribution in [0.4, 0.5) is 10.2 Å². The van der Waals surface area contributed by atoms with E-state index in [9.17, 15) is 17.6 Å². The summed E-state index contributed by atoms with van der Waals surface area (Å²) in [6.07, 6.45) is -0.236. The van der Waals surface area contributed by atoms with Crippen molar-refractivity contribution in [3.8, 4) is 5.13 Å². The molecule has 1 amide bonds. The highest BCUT2D eigenvalue weighted by molar-refractivity contribution is 7.91. The van der Waals surface area contributed by atoms with Gasteiger partial charge in [-0.2, -0.15) is 9.78 Å². The molecular formula is C20H16ClFN4O3S2. The fourth-order valence-electron chi connectivity index (χ4n) is 2.90. The molecule has 0 spiro atoms. The van der Waals surface area contributed by atoms with Gasteiger partial charge in [0, 0.05) is 17.5 Å². The van der Waals surface area contributed by atoms with Gasteiger partial charge in [-0.1, -0.05) is 22.9 Å². The highest BCUT2D eigenvalue weighted by Gasteiger charge is 2.19. The molecule has 1 N–H and O–H groups in total. The van der Waals surface area contributed by atoms with Gasteiger partial charge in [-0.15, -0.1) is 0 Å². The standard InChI is InChI=1S/C20H16ClFN4O3S2/c1-12-10-18(26(25-12)20-23-16-7-4-14(22)11-17(16)30-20)24-19(27)8-9-31(28,29)15-5-2-13(21)3-6-15/h2-7,10-11H,8-9H2,1H3,(H,24,27). The summed E-state index contributed by atoms with van der Waals surface area (Å²) in [5.74, 6) is -0.847. The molecule has 4 rings (SSSR count). The molecule has 0 unspecified atom stereocenters. The molecule has 2 aromatic carbocycles. The Kier molecular flexibility index (Phi) is 5.78. The van der Waals surface area contributed by atoms with Crippen molar-refractivity contribution in [3.63, 3.8) is 0 Å².